The molecule has 1 amide bonds. The second-order valence-corrected chi connectivity index (χ2v) is 10.7. The van der Waals surface area contributed by atoms with E-state index in [-0.39, 0.29) is 12.5 Å². The Bertz CT molecular complexity index is 1680. The van der Waals surface area contributed by atoms with Gasteiger partial charge in [0.1, 0.15) is 10.6 Å². The number of benzene rings is 3. The fourth-order valence-electron chi connectivity index (χ4n) is 4.28. The number of nitrogens with one attached hydrogen (secondary N) is 1. The number of rotatable bonds is 6. The van der Waals surface area contributed by atoms with Crippen molar-refractivity contribution in [2.24, 2.45) is 0 Å². The summed E-state index contributed by atoms with van der Waals surface area (Å²) < 4.78 is 6.30. The van der Waals surface area contributed by atoms with Gasteiger partial charge in [-0.15, -0.1) is 11.3 Å². The smallest absolute Gasteiger partial charge is 0.341 e. The lowest BCUT2D eigenvalue weighted by Crippen LogP contribution is -2.15. The highest BCUT2D eigenvalue weighted by Gasteiger charge is 2.24. The third kappa shape index (κ3) is 5.12. The molecule has 0 aliphatic rings. The molecule has 0 saturated carbocycles. The first-order valence-corrected chi connectivity index (χ1v) is 13.9. The van der Waals surface area contributed by atoms with E-state index in [9.17, 15) is 9.59 Å². The Morgan fingerprint density at radius 1 is 0.947 bits per heavy atom. The number of carbonyl (C=O) groups is 2. The number of anilines is 1. The zero-order valence-electron chi connectivity index (χ0n) is 21.2. The lowest BCUT2D eigenvalue weighted by atomic mass is 10.0. The van der Waals surface area contributed by atoms with Crippen molar-refractivity contribution >= 4 is 55.0 Å². The molecule has 5 aromatic rings. The van der Waals surface area contributed by atoms with Gasteiger partial charge in [-0.1, -0.05) is 58.4 Å². The first-order valence-electron chi connectivity index (χ1n) is 12.2. The molecule has 0 fully saturated rings. The molecule has 0 bridgehead atoms. The first kappa shape index (κ1) is 25.8. The predicted molar refractivity (Wildman–Crippen MR) is 158 cm³/mol. The Balaban J connectivity index is 1.58. The van der Waals surface area contributed by atoms with Crippen LogP contribution in [0.15, 0.2) is 82.6 Å². The highest BCUT2D eigenvalue weighted by atomic mass is 79.9. The molecule has 5 rings (SSSR count). The number of hydrogen-bond donors (Lipinski definition) is 1. The van der Waals surface area contributed by atoms with Crippen LogP contribution in [0.5, 0.6) is 0 Å². The summed E-state index contributed by atoms with van der Waals surface area (Å²) in [5.41, 5.74) is 7.13. The van der Waals surface area contributed by atoms with Crippen LogP contribution < -0.4 is 5.32 Å². The number of aromatic nitrogens is 1. The third-order valence-electron chi connectivity index (χ3n) is 6.42. The fourth-order valence-corrected chi connectivity index (χ4v) is 5.50. The largest absolute Gasteiger partial charge is 0.462 e. The Hall–Kier alpha value is -3.81. The van der Waals surface area contributed by atoms with Crippen molar-refractivity contribution in [2.75, 3.05) is 11.9 Å². The van der Waals surface area contributed by atoms with Gasteiger partial charge in [-0.2, -0.15) is 0 Å². The summed E-state index contributed by atoms with van der Waals surface area (Å²) in [7, 11) is 0. The summed E-state index contributed by atoms with van der Waals surface area (Å²) in [6.07, 6.45) is 0. The zero-order chi connectivity index (χ0) is 26.8. The van der Waals surface area contributed by atoms with Gasteiger partial charge in [0.05, 0.1) is 23.4 Å². The van der Waals surface area contributed by atoms with Crippen LogP contribution in [0.2, 0.25) is 0 Å². The standard InChI is InChI=1S/C31H25BrN2O3S/c1-4-37-31(36)28-25(20-11-13-22(32)14-12-20)17-38-30(28)34-29(35)24-16-27(21-10-9-18(2)19(3)15-21)33-26-8-6-5-7-23(24)26/h5-17H,4H2,1-3H3,(H,34,35). The number of ether oxygens (including phenoxy) is 1. The van der Waals surface area contributed by atoms with Crippen molar-refractivity contribution in [1.29, 1.82) is 0 Å². The van der Waals surface area contributed by atoms with E-state index in [4.69, 9.17) is 9.72 Å². The highest BCUT2D eigenvalue weighted by Crippen LogP contribution is 2.37. The molecule has 0 spiro atoms. The SMILES string of the molecule is CCOC(=O)c1c(-c2ccc(Br)cc2)csc1NC(=O)c1cc(-c2ccc(C)c(C)c2)nc2ccccc12. The number of amides is 1. The Labute approximate surface area is 233 Å². The minimum absolute atomic E-state index is 0.232. The van der Waals surface area contributed by atoms with E-state index in [1.165, 1.54) is 16.9 Å². The van der Waals surface area contributed by atoms with Crippen LogP contribution in [0.3, 0.4) is 0 Å². The minimum Gasteiger partial charge on any atom is -0.462 e. The summed E-state index contributed by atoms with van der Waals surface area (Å²) in [6, 6.07) is 23.2. The number of esters is 1. The molecule has 2 aromatic heterocycles. The Morgan fingerprint density at radius 3 is 2.42 bits per heavy atom. The fraction of sp³-hybridized carbons (Fsp3) is 0.129. The molecule has 0 atom stereocenters. The summed E-state index contributed by atoms with van der Waals surface area (Å²) in [4.78, 5) is 31.6. The summed E-state index contributed by atoms with van der Waals surface area (Å²) in [5.74, 6) is -0.791. The minimum atomic E-state index is -0.475. The maximum atomic E-state index is 13.8. The van der Waals surface area contributed by atoms with Crippen LogP contribution in [0.25, 0.3) is 33.3 Å². The van der Waals surface area contributed by atoms with Gasteiger partial charge in [0.2, 0.25) is 0 Å². The van der Waals surface area contributed by atoms with Gasteiger partial charge >= 0.3 is 5.97 Å². The number of thiophene rings is 1. The zero-order valence-corrected chi connectivity index (χ0v) is 23.6. The van der Waals surface area contributed by atoms with E-state index in [0.29, 0.717) is 27.4 Å². The van der Waals surface area contributed by atoms with Crippen molar-refractivity contribution in [3.63, 3.8) is 0 Å². The van der Waals surface area contributed by atoms with Gasteiger partial charge in [-0.25, -0.2) is 9.78 Å². The van der Waals surface area contributed by atoms with Crippen molar-refractivity contribution in [1.82, 2.24) is 4.98 Å². The van der Waals surface area contributed by atoms with E-state index in [1.807, 2.05) is 66.0 Å². The number of halogens is 1. The van der Waals surface area contributed by atoms with Gasteiger partial charge in [0.25, 0.3) is 5.91 Å². The molecule has 190 valence electrons. The lowest BCUT2D eigenvalue weighted by molar-refractivity contribution is 0.0529. The Morgan fingerprint density at radius 2 is 1.68 bits per heavy atom. The topological polar surface area (TPSA) is 68.3 Å². The van der Waals surface area contributed by atoms with Crippen molar-refractivity contribution in [3.05, 3.63) is 105 Å². The number of pyridine rings is 1. The van der Waals surface area contributed by atoms with Crippen molar-refractivity contribution < 1.29 is 14.3 Å². The number of fused-ring (bicyclic) bond motifs is 1. The molecule has 5 nitrogen and oxygen atoms in total. The maximum Gasteiger partial charge on any atom is 0.341 e. The van der Waals surface area contributed by atoms with Crippen LogP contribution in [0, 0.1) is 13.8 Å². The quantitative estimate of drug-likeness (QED) is 0.203. The average molecular weight is 586 g/mol. The lowest BCUT2D eigenvalue weighted by Gasteiger charge is -2.12. The molecule has 0 aliphatic heterocycles. The number of para-hydroxylation sites is 1. The van der Waals surface area contributed by atoms with Gasteiger partial charge in [-0.3, -0.25) is 4.79 Å². The first-order chi connectivity index (χ1) is 18.4. The van der Waals surface area contributed by atoms with Gasteiger partial charge in [0.15, 0.2) is 0 Å². The molecule has 38 heavy (non-hydrogen) atoms. The molecule has 2 heterocycles. The number of carbonyl (C=O) groups excluding carboxylic acids is 2. The summed E-state index contributed by atoms with van der Waals surface area (Å²) in [5, 5.41) is 6.05. The van der Waals surface area contributed by atoms with E-state index in [2.05, 4.69) is 47.2 Å². The highest BCUT2D eigenvalue weighted by molar-refractivity contribution is 9.10. The number of nitrogens with zero attached hydrogens (tertiary/aromatic N) is 1. The molecule has 0 saturated heterocycles. The second kappa shape index (κ2) is 10.9. The molecule has 0 unspecified atom stereocenters. The van der Waals surface area contributed by atoms with Crippen LogP contribution in [-0.2, 0) is 4.74 Å². The molecule has 7 heteroatoms. The van der Waals surface area contributed by atoms with Crippen LogP contribution in [0.4, 0.5) is 5.00 Å². The molecule has 1 N–H and O–H groups in total. The molecular formula is C31H25BrN2O3S. The third-order valence-corrected chi connectivity index (χ3v) is 7.84. The van der Waals surface area contributed by atoms with E-state index >= 15 is 0 Å². The van der Waals surface area contributed by atoms with E-state index in [0.717, 1.165) is 32.1 Å². The van der Waals surface area contributed by atoms with Gasteiger partial charge in [0, 0.05) is 26.4 Å². The second-order valence-electron chi connectivity index (χ2n) is 8.91. The summed E-state index contributed by atoms with van der Waals surface area (Å²) >= 11 is 4.75. The van der Waals surface area contributed by atoms with Crippen LogP contribution in [0.1, 0.15) is 38.8 Å². The number of aryl methyl sites for hydroxylation is 2. The number of hydrogen-bond acceptors (Lipinski definition) is 5. The maximum absolute atomic E-state index is 13.8. The van der Waals surface area contributed by atoms with Gasteiger partial charge in [-0.05, 0) is 67.8 Å². The van der Waals surface area contributed by atoms with Crippen molar-refractivity contribution in [3.8, 4) is 22.4 Å². The van der Waals surface area contributed by atoms with E-state index < -0.39 is 5.97 Å². The van der Waals surface area contributed by atoms with Gasteiger partial charge < -0.3 is 10.1 Å². The predicted octanol–water partition coefficient (Wildman–Crippen LogP) is 8.44. The summed E-state index contributed by atoms with van der Waals surface area (Å²) in [6.45, 7) is 6.12. The molecule has 3 aromatic carbocycles. The van der Waals surface area contributed by atoms with Crippen LogP contribution >= 0.6 is 27.3 Å². The monoisotopic (exact) mass is 584 g/mol. The average Bonchev–Trinajstić information content (AvgIpc) is 3.33. The van der Waals surface area contributed by atoms with E-state index in [1.54, 1.807) is 6.92 Å². The normalized spacial score (nSPS) is 10.9. The molecule has 0 radical (unpaired) electrons. The van der Waals surface area contributed by atoms with Crippen molar-refractivity contribution in [2.45, 2.75) is 20.8 Å². The Kier molecular flexibility index (Phi) is 7.40. The van der Waals surface area contributed by atoms with Crippen LogP contribution in [-0.4, -0.2) is 23.5 Å². The molecular weight excluding hydrogens is 560 g/mol. The molecule has 0 aliphatic carbocycles.